The van der Waals surface area contributed by atoms with Gasteiger partial charge in [-0.2, -0.15) is 0 Å². The minimum absolute atomic E-state index is 0.0211. The summed E-state index contributed by atoms with van der Waals surface area (Å²) < 4.78 is 0. The number of carbonyl (C=O) groups excluding carboxylic acids is 3. The average Bonchev–Trinajstić information content (AvgIpc) is 2.60. The smallest absolute Gasteiger partial charge is 0.238 e. The Morgan fingerprint density at radius 2 is 1.54 bits per heavy atom. The molecule has 26 heavy (non-hydrogen) atoms. The van der Waals surface area contributed by atoms with Crippen molar-refractivity contribution in [2.24, 2.45) is 0 Å². The van der Waals surface area contributed by atoms with Crippen LogP contribution in [0.1, 0.15) is 33.6 Å². The number of hydrogen-bond acceptors (Lipinski definition) is 4. The zero-order valence-electron chi connectivity index (χ0n) is 16.2. The Labute approximate surface area is 155 Å². The van der Waals surface area contributed by atoms with Gasteiger partial charge in [0.2, 0.25) is 17.7 Å². The highest BCUT2D eigenvalue weighted by Gasteiger charge is 2.16. The lowest BCUT2D eigenvalue weighted by molar-refractivity contribution is -0.131. The molecule has 0 spiro atoms. The molecule has 1 aromatic rings. The maximum atomic E-state index is 12.2. The molecule has 0 aliphatic rings. The van der Waals surface area contributed by atoms with Crippen LogP contribution in [-0.4, -0.2) is 60.7 Å². The zero-order valence-corrected chi connectivity index (χ0v) is 16.2. The van der Waals surface area contributed by atoms with Crippen LogP contribution in [0.5, 0.6) is 0 Å². The number of benzene rings is 1. The van der Waals surface area contributed by atoms with Gasteiger partial charge in [-0.25, -0.2) is 0 Å². The van der Waals surface area contributed by atoms with E-state index in [0.29, 0.717) is 17.9 Å². The molecule has 0 aliphatic heterocycles. The van der Waals surface area contributed by atoms with Crippen LogP contribution in [0.25, 0.3) is 0 Å². The Kier molecular flexibility index (Phi) is 9.36. The third-order valence-corrected chi connectivity index (χ3v) is 3.94. The van der Waals surface area contributed by atoms with Crippen LogP contribution in [-0.2, 0) is 14.4 Å². The summed E-state index contributed by atoms with van der Waals surface area (Å²) in [5.74, 6) is -0.301. The number of carbonyl (C=O) groups is 3. The van der Waals surface area contributed by atoms with Crippen LogP contribution < -0.4 is 10.6 Å². The fraction of sp³-hybridized carbons (Fsp3) is 0.526. The molecule has 0 saturated carbocycles. The van der Waals surface area contributed by atoms with Gasteiger partial charge >= 0.3 is 0 Å². The first-order valence-corrected chi connectivity index (χ1v) is 8.99. The van der Waals surface area contributed by atoms with Crippen molar-refractivity contribution in [3.05, 3.63) is 24.3 Å². The van der Waals surface area contributed by atoms with E-state index >= 15 is 0 Å². The SMILES string of the molecule is CCCCN(C)C(=O)CN(CC)CC(=O)Nc1ccc(NC(C)=O)cc1. The summed E-state index contributed by atoms with van der Waals surface area (Å²) in [7, 11) is 1.79. The van der Waals surface area contributed by atoms with Gasteiger partial charge in [-0.3, -0.25) is 19.3 Å². The van der Waals surface area contributed by atoms with E-state index < -0.39 is 0 Å². The van der Waals surface area contributed by atoms with E-state index in [1.165, 1.54) is 6.92 Å². The van der Waals surface area contributed by atoms with E-state index in [4.69, 9.17) is 0 Å². The van der Waals surface area contributed by atoms with Crippen LogP contribution in [0, 0.1) is 0 Å². The van der Waals surface area contributed by atoms with Crippen LogP contribution >= 0.6 is 0 Å². The molecule has 1 aromatic carbocycles. The Hall–Kier alpha value is -2.41. The lowest BCUT2D eigenvalue weighted by Gasteiger charge is -2.23. The van der Waals surface area contributed by atoms with Gasteiger partial charge in [0.25, 0.3) is 0 Å². The normalized spacial score (nSPS) is 10.5. The monoisotopic (exact) mass is 362 g/mol. The van der Waals surface area contributed by atoms with Gasteiger partial charge in [0.1, 0.15) is 0 Å². The minimum Gasteiger partial charge on any atom is -0.345 e. The number of anilines is 2. The van der Waals surface area contributed by atoms with Crippen molar-refractivity contribution in [2.75, 3.05) is 43.9 Å². The molecule has 7 heteroatoms. The summed E-state index contributed by atoms with van der Waals surface area (Å²) in [6.45, 7) is 7.18. The fourth-order valence-corrected chi connectivity index (χ4v) is 2.36. The Balaban J connectivity index is 2.50. The summed E-state index contributed by atoms with van der Waals surface area (Å²) in [5, 5.41) is 5.48. The summed E-state index contributed by atoms with van der Waals surface area (Å²) >= 11 is 0. The first-order valence-electron chi connectivity index (χ1n) is 8.99. The molecule has 0 saturated heterocycles. The number of nitrogens with zero attached hydrogens (tertiary/aromatic N) is 2. The second-order valence-electron chi connectivity index (χ2n) is 6.28. The van der Waals surface area contributed by atoms with E-state index in [0.717, 1.165) is 19.4 Å². The van der Waals surface area contributed by atoms with E-state index in [9.17, 15) is 14.4 Å². The molecule has 0 fully saturated rings. The van der Waals surface area contributed by atoms with E-state index in [-0.39, 0.29) is 30.8 Å². The number of nitrogens with one attached hydrogen (secondary N) is 2. The Morgan fingerprint density at radius 1 is 0.962 bits per heavy atom. The van der Waals surface area contributed by atoms with Crippen LogP contribution in [0.4, 0.5) is 11.4 Å². The highest BCUT2D eigenvalue weighted by atomic mass is 16.2. The van der Waals surface area contributed by atoms with Gasteiger partial charge in [0, 0.05) is 31.9 Å². The first-order chi connectivity index (χ1) is 12.3. The average molecular weight is 362 g/mol. The summed E-state index contributed by atoms with van der Waals surface area (Å²) in [6.07, 6.45) is 2.02. The van der Waals surface area contributed by atoms with Crippen molar-refractivity contribution in [1.82, 2.24) is 9.80 Å². The molecule has 0 aromatic heterocycles. The van der Waals surface area contributed by atoms with Crippen LogP contribution in [0.3, 0.4) is 0 Å². The summed E-state index contributed by atoms with van der Waals surface area (Å²) in [4.78, 5) is 39.0. The molecule has 2 N–H and O–H groups in total. The standard InChI is InChI=1S/C19H30N4O3/c1-5-7-12-22(4)19(26)14-23(6-2)13-18(25)21-17-10-8-16(9-11-17)20-15(3)24/h8-11H,5-7,12-14H2,1-4H3,(H,20,24)(H,21,25). The molecular weight excluding hydrogens is 332 g/mol. The van der Waals surface area contributed by atoms with Crippen molar-refractivity contribution in [2.45, 2.75) is 33.6 Å². The molecule has 0 aliphatic carbocycles. The van der Waals surface area contributed by atoms with Gasteiger partial charge in [0.15, 0.2) is 0 Å². The van der Waals surface area contributed by atoms with Crippen molar-refractivity contribution < 1.29 is 14.4 Å². The second kappa shape index (κ2) is 11.3. The second-order valence-corrected chi connectivity index (χ2v) is 6.28. The highest BCUT2D eigenvalue weighted by molar-refractivity contribution is 5.93. The highest BCUT2D eigenvalue weighted by Crippen LogP contribution is 2.13. The largest absolute Gasteiger partial charge is 0.345 e. The summed E-state index contributed by atoms with van der Waals surface area (Å²) in [5.41, 5.74) is 1.32. The number of amides is 3. The molecular formula is C19H30N4O3. The molecule has 0 atom stereocenters. The van der Waals surface area contributed by atoms with Gasteiger partial charge in [-0.15, -0.1) is 0 Å². The third-order valence-electron chi connectivity index (χ3n) is 3.94. The molecule has 0 unspecified atom stereocenters. The molecule has 7 nitrogen and oxygen atoms in total. The van der Waals surface area contributed by atoms with Gasteiger partial charge < -0.3 is 15.5 Å². The van der Waals surface area contributed by atoms with Crippen molar-refractivity contribution in [1.29, 1.82) is 0 Å². The van der Waals surface area contributed by atoms with E-state index in [1.807, 2.05) is 11.8 Å². The molecule has 144 valence electrons. The zero-order chi connectivity index (χ0) is 19.5. The number of likely N-dealkylation sites (N-methyl/N-ethyl adjacent to an activating group) is 2. The minimum atomic E-state index is -0.178. The number of hydrogen-bond donors (Lipinski definition) is 2. The predicted molar refractivity (Wildman–Crippen MR) is 104 cm³/mol. The Morgan fingerprint density at radius 3 is 2.04 bits per heavy atom. The fourth-order valence-electron chi connectivity index (χ4n) is 2.36. The van der Waals surface area contributed by atoms with Crippen LogP contribution in [0.15, 0.2) is 24.3 Å². The van der Waals surface area contributed by atoms with Gasteiger partial charge in [0.05, 0.1) is 13.1 Å². The van der Waals surface area contributed by atoms with Crippen molar-refractivity contribution in [3.63, 3.8) is 0 Å². The topological polar surface area (TPSA) is 81.8 Å². The quantitative estimate of drug-likeness (QED) is 0.668. The molecule has 0 bridgehead atoms. The van der Waals surface area contributed by atoms with Crippen LogP contribution in [0.2, 0.25) is 0 Å². The van der Waals surface area contributed by atoms with Crippen molar-refractivity contribution in [3.8, 4) is 0 Å². The number of unbranched alkanes of at least 4 members (excludes halogenated alkanes) is 1. The predicted octanol–water partition coefficient (Wildman–Crippen LogP) is 2.16. The Bertz CT molecular complexity index is 601. The number of rotatable bonds is 10. The van der Waals surface area contributed by atoms with Crippen molar-refractivity contribution >= 4 is 29.1 Å². The molecule has 1 rings (SSSR count). The van der Waals surface area contributed by atoms with E-state index in [2.05, 4.69) is 17.6 Å². The molecule has 0 heterocycles. The van der Waals surface area contributed by atoms with Gasteiger partial charge in [-0.1, -0.05) is 20.3 Å². The lowest BCUT2D eigenvalue weighted by atomic mass is 10.2. The first kappa shape index (κ1) is 21.6. The third kappa shape index (κ3) is 8.11. The molecule has 0 radical (unpaired) electrons. The molecule has 3 amide bonds. The van der Waals surface area contributed by atoms with Gasteiger partial charge in [-0.05, 0) is 37.2 Å². The summed E-state index contributed by atoms with van der Waals surface area (Å²) in [6, 6.07) is 6.90. The lowest BCUT2D eigenvalue weighted by Crippen LogP contribution is -2.42. The maximum Gasteiger partial charge on any atom is 0.238 e. The van der Waals surface area contributed by atoms with E-state index in [1.54, 1.807) is 36.2 Å². The maximum absolute atomic E-state index is 12.2.